The maximum absolute atomic E-state index is 6.82. The Bertz CT molecular complexity index is 2630. The maximum atomic E-state index is 6.82. The third-order valence-corrected chi connectivity index (χ3v) is 10.5. The average Bonchev–Trinajstić information content (AvgIpc) is 3.73. The Hall–Kier alpha value is -6.64. The standard InChI is InChI=1S/C49H33NO/c1-4-15-34(16-5-1)35-27-29-38(30-28-35)50(37-19-8-3-9-20-37)39-31-32-42-47(33-39)51-46-26-14-25-45(48(42)46)49(36-17-6-2-7-18-36)43-23-12-10-21-40(43)41-22-11-13-24-44(41)49/h1-33H. The van der Waals surface area contributed by atoms with Gasteiger partial charge in [-0.3, -0.25) is 0 Å². The van der Waals surface area contributed by atoms with Crippen molar-refractivity contribution in [3.63, 3.8) is 0 Å². The molecule has 10 rings (SSSR count). The third-order valence-electron chi connectivity index (χ3n) is 10.5. The van der Waals surface area contributed by atoms with Gasteiger partial charge in [-0.05, 0) is 87.0 Å². The van der Waals surface area contributed by atoms with Gasteiger partial charge in [-0.15, -0.1) is 0 Å². The van der Waals surface area contributed by atoms with Crippen molar-refractivity contribution in [2.75, 3.05) is 4.90 Å². The first-order valence-corrected chi connectivity index (χ1v) is 17.5. The van der Waals surface area contributed by atoms with E-state index in [0.29, 0.717) is 0 Å². The van der Waals surface area contributed by atoms with Crippen molar-refractivity contribution in [2.45, 2.75) is 5.41 Å². The molecule has 2 heteroatoms. The fraction of sp³-hybridized carbons (Fsp3) is 0.0204. The van der Waals surface area contributed by atoms with Crippen LogP contribution in [0.2, 0.25) is 0 Å². The van der Waals surface area contributed by atoms with Gasteiger partial charge in [0.25, 0.3) is 0 Å². The molecular weight excluding hydrogens is 619 g/mol. The van der Waals surface area contributed by atoms with Crippen LogP contribution >= 0.6 is 0 Å². The van der Waals surface area contributed by atoms with E-state index in [1.807, 2.05) is 0 Å². The second kappa shape index (κ2) is 11.8. The van der Waals surface area contributed by atoms with Crippen LogP contribution in [-0.2, 0) is 5.41 Å². The normalized spacial score (nSPS) is 12.9. The van der Waals surface area contributed by atoms with Crippen molar-refractivity contribution in [3.05, 3.63) is 222 Å². The number of para-hydroxylation sites is 1. The number of fused-ring (bicyclic) bond motifs is 6. The van der Waals surface area contributed by atoms with Crippen LogP contribution in [0, 0.1) is 0 Å². The zero-order valence-electron chi connectivity index (χ0n) is 27.9. The summed E-state index contributed by atoms with van der Waals surface area (Å²) < 4.78 is 6.82. The predicted molar refractivity (Wildman–Crippen MR) is 211 cm³/mol. The summed E-state index contributed by atoms with van der Waals surface area (Å²) in [5.74, 6) is 0. The first kappa shape index (κ1) is 29.3. The third kappa shape index (κ3) is 4.50. The molecule has 0 spiro atoms. The molecule has 0 radical (unpaired) electrons. The van der Waals surface area contributed by atoms with Gasteiger partial charge in [-0.2, -0.15) is 0 Å². The largest absolute Gasteiger partial charge is 0.456 e. The van der Waals surface area contributed by atoms with Crippen LogP contribution in [0.25, 0.3) is 44.2 Å². The quantitative estimate of drug-likeness (QED) is 0.178. The lowest BCUT2D eigenvalue weighted by atomic mass is 9.66. The second-order valence-electron chi connectivity index (χ2n) is 13.3. The lowest BCUT2D eigenvalue weighted by Crippen LogP contribution is -2.28. The van der Waals surface area contributed by atoms with Crippen LogP contribution in [0.15, 0.2) is 205 Å². The highest BCUT2D eigenvalue weighted by Crippen LogP contribution is 2.58. The van der Waals surface area contributed by atoms with Crippen LogP contribution in [0.5, 0.6) is 0 Å². The van der Waals surface area contributed by atoms with E-state index in [-0.39, 0.29) is 0 Å². The highest BCUT2D eigenvalue weighted by molar-refractivity contribution is 6.10. The van der Waals surface area contributed by atoms with Gasteiger partial charge in [0, 0.05) is 33.9 Å². The Morgan fingerprint density at radius 3 is 1.59 bits per heavy atom. The maximum Gasteiger partial charge on any atom is 0.137 e. The van der Waals surface area contributed by atoms with Crippen molar-refractivity contribution in [2.24, 2.45) is 0 Å². The molecule has 0 amide bonds. The Morgan fingerprint density at radius 2 is 0.902 bits per heavy atom. The number of rotatable bonds is 6. The van der Waals surface area contributed by atoms with Crippen molar-refractivity contribution < 1.29 is 4.42 Å². The lowest BCUT2D eigenvalue weighted by molar-refractivity contribution is 0.667. The molecule has 0 bridgehead atoms. The molecule has 240 valence electrons. The van der Waals surface area contributed by atoms with E-state index < -0.39 is 5.41 Å². The zero-order chi connectivity index (χ0) is 33.8. The summed E-state index contributed by atoms with van der Waals surface area (Å²) in [6.07, 6.45) is 0. The molecule has 0 unspecified atom stereocenters. The zero-order valence-corrected chi connectivity index (χ0v) is 27.9. The molecule has 9 aromatic rings. The summed E-state index contributed by atoms with van der Waals surface area (Å²) in [5, 5.41) is 2.25. The van der Waals surface area contributed by atoms with Crippen molar-refractivity contribution in [1.29, 1.82) is 0 Å². The fourth-order valence-electron chi connectivity index (χ4n) is 8.40. The molecule has 1 aliphatic rings. The molecule has 1 aliphatic carbocycles. The lowest BCUT2D eigenvalue weighted by Gasteiger charge is -2.34. The molecule has 51 heavy (non-hydrogen) atoms. The molecule has 0 saturated carbocycles. The van der Waals surface area contributed by atoms with Crippen molar-refractivity contribution in [1.82, 2.24) is 0 Å². The molecule has 0 fully saturated rings. The van der Waals surface area contributed by atoms with Crippen LogP contribution in [-0.4, -0.2) is 0 Å². The fourth-order valence-corrected chi connectivity index (χ4v) is 8.40. The smallest absolute Gasteiger partial charge is 0.137 e. The topological polar surface area (TPSA) is 16.4 Å². The minimum absolute atomic E-state index is 0.514. The molecule has 0 aliphatic heterocycles. The van der Waals surface area contributed by atoms with Crippen LogP contribution in [0.4, 0.5) is 17.1 Å². The number of benzene rings is 8. The van der Waals surface area contributed by atoms with Crippen LogP contribution < -0.4 is 4.90 Å². The van der Waals surface area contributed by atoms with E-state index in [9.17, 15) is 0 Å². The predicted octanol–water partition coefficient (Wildman–Crippen LogP) is 13.1. The van der Waals surface area contributed by atoms with Crippen molar-refractivity contribution in [3.8, 4) is 22.3 Å². The Kier molecular flexibility index (Phi) is 6.75. The Labute approximate surface area is 297 Å². The van der Waals surface area contributed by atoms with E-state index in [1.165, 1.54) is 44.5 Å². The minimum atomic E-state index is -0.514. The highest BCUT2D eigenvalue weighted by atomic mass is 16.3. The van der Waals surface area contributed by atoms with Gasteiger partial charge in [0.15, 0.2) is 0 Å². The molecule has 1 aromatic heterocycles. The summed E-state index contributed by atoms with van der Waals surface area (Å²) in [6.45, 7) is 0. The van der Waals surface area contributed by atoms with Gasteiger partial charge < -0.3 is 9.32 Å². The molecule has 2 nitrogen and oxygen atoms in total. The van der Waals surface area contributed by atoms with E-state index in [4.69, 9.17) is 4.42 Å². The van der Waals surface area contributed by atoms with E-state index >= 15 is 0 Å². The number of furan rings is 1. The number of anilines is 3. The highest BCUT2D eigenvalue weighted by Gasteiger charge is 2.47. The van der Waals surface area contributed by atoms with E-state index in [2.05, 4.69) is 205 Å². The van der Waals surface area contributed by atoms with Crippen LogP contribution in [0.1, 0.15) is 22.3 Å². The SMILES string of the molecule is c1ccc(-c2ccc(N(c3ccccc3)c3ccc4c(c3)oc3cccc(C5(c6ccccc6)c6ccccc6-c6ccccc65)c34)cc2)cc1. The van der Waals surface area contributed by atoms with Gasteiger partial charge >= 0.3 is 0 Å². The molecule has 0 saturated heterocycles. The first-order chi connectivity index (χ1) is 25.3. The van der Waals surface area contributed by atoms with Crippen LogP contribution in [0.3, 0.4) is 0 Å². The first-order valence-electron chi connectivity index (χ1n) is 17.5. The van der Waals surface area contributed by atoms with Gasteiger partial charge in [-0.1, -0.05) is 152 Å². The number of hydrogen-bond acceptors (Lipinski definition) is 2. The van der Waals surface area contributed by atoms with E-state index in [1.54, 1.807) is 0 Å². The summed E-state index contributed by atoms with van der Waals surface area (Å²) in [6, 6.07) is 71.9. The van der Waals surface area contributed by atoms with Gasteiger partial charge in [0.2, 0.25) is 0 Å². The molecule has 0 atom stereocenters. The summed E-state index contributed by atoms with van der Waals surface area (Å²) in [4.78, 5) is 2.30. The Morgan fingerprint density at radius 1 is 0.373 bits per heavy atom. The summed E-state index contributed by atoms with van der Waals surface area (Å²) in [7, 11) is 0. The number of hydrogen-bond donors (Lipinski definition) is 0. The average molecular weight is 652 g/mol. The summed E-state index contributed by atoms with van der Waals surface area (Å²) >= 11 is 0. The number of nitrogens with zero attached hydrogens (tertiary/aromatic N) is 1. The second-order valence-corrected chi connectivity index (χ2v) is 13.3. The van der Waals surface area contributed by atoms with E-state index in [0.717, 1.165) is 39.0 Å². The Balaban J connectivity index is 1.19. The van der Waals surface area contributed by atoms with Crippen molar-refractivity contribution >= 4 is 39.0 Å². The van der Waals surface area contributed by atoms with Gasteiger partial charge in [0.05, 0.1) is 5.41 Å². The van der Waals surface area contributed by atoms with Gasteiger partial charge in [-0.25, -0.2) is 0 Å². The monoisotopic (exact) mass is 651 g/mol. The molecular formula is C49H33NO. The van der Waals surface area contributed by atoms with Gasteiger partial charge in [0.1, 0.15) is 11.2 Å². The molecule has 0 N–H and O–H groups in total. The molecule has 8 aromatic carbocycles. The molecule has 1 heterocycles. The summed E-state index contributed by atoms with van der Waals surface area (Å²) in [5.41, 5.74) is 14.5. The minimum Gasteiger partial charge on any atom is -0.456 e.